The fraction of sp³-hybridized carbons (Fsp3) is 1.00. The molecule has 3 nitrogen and oxygen atoms in total. The molecule has 4 heteroatoms. The Balaban J connectivity index is -0.000000565. The molecular weight excluding hydrogens is 460 g/mol. The Morgan fingerprint density at radius 2 is 0.417 bits per heavy atom. The molecule has 0 aliphatic carbocycles. The molecule has 0 heterocycles. The van der Waals surface area contributed by atoms with Crippen molar-refractivity contribution in [3.8, 4) is 0 Å². The molecule has 0 spiro atoms. The van der Waals surface area contributed by atoms with E-state index < -0.39 is 0 Å². The van der Waals surface area contributed by atoms with E-state index in [1.165, 1.54) is 164 Å². The van der Waals surface area contributed by atoms with Crippen molar-refractivity contribution in [3.05, 3.63) is 0 Å². The number of quaternary nitrogens is 2. The Kier molecular flexibility index (Phi) is 35.0. The van der Waals surface area contributed by atoms with E-state index in [9.17, 15) is 0 Å². The third kappa shape index (κ3) is 23.1. The molecule has 220 valence electrons. The van der Waals surface area contributed by atoms with Crippen molar-refractivity contribution in [2.45, 2.75) is 158 Å². The molecule has 0 N–H and O–H groups in total. The largest absolute Gasteiger partial charge is 0.324 e. The van der Waals surface area contributed by atoms with E-state index in [4.69, 9.17) is 4.21 Å². The maximum atomic E-state index is 7.83. The van der Waals surface area contributed by atoms with Gasteiger partial charge in [0.15, 0.2) is 12.5 Å². The highest BCUT2D eigenvalue weighted by Gasteiger charge is 2.25. The van der Waals surface area contributed by atoms with Crippen LogP contribution < -0.4 is 0 Å². The summed E-state index contributed by atoms with van der Waals surface area (Å²) in [5, 5.41) is 0. The minimum Gasteiger partial charge on any atom is -0.324 e. The molecule has 0 radical (unpaired) electrons. The summed E-state index contributed by atoms with van der Waals surface area (Å²) in [5.74, 6) is 0. The van der Waals surface area contributed by atoms with Gasteiger partial charge >= 0.3 is 0 Å². The molecule has 0 rings (SSSR count). The summed E-state index contributed by atoms with van der Waals surface area (Å²) in [6.45, 7) is 30.0. The Morgan fingerprint density at radius 1 is 0.306 bits per heavy atom. The third-order valence-electron chi connectivity index (χ3n) is 7.89. The van der Waals surface area contributed by atoms with Gasteiger partial charge in [0.1, 0.15) is 0 Å². The molecular formula is C32H72N2OS+2. The van der Waals surface area contributed by atoms with Gasteiger partial charge in [-0.1, -0.05) is 107 Å². The van der Waals surface area contributed by atoms with Crippen LogP contribution in [0.25, 0.3) is 0 Å². The van der Waals surface area contributed by atoms with Crippen LogP contribution >= 0.6 is 0 Å². The predicted molar refractivity (Wildman–Crippen MR) is 167 cm³/mol. The SMILES string of the molecule is CCCC[N+](CCCC)(CCCC)CCCC.CCCC[N+](CCCC)(CCCC)CCCC.O=S. The molecule has 0 saturated heterocycles. The van der Waals surface area contributed by atoms with Gasteiger partial charge < -0.3 is 8.97 Å². The number of rotatable bonds is 24. The van der Waals surface area contributed by atoms with Gasteiger partial charge in [-0.25, -0.2) is 0 Å². The first-order valence-corrected chi connectivity index (χ1v) is 16.7. The van der Waals surface area contributed by atoms with Crippen molar-refractivity contribution in [2.75, 3.05) is 52.4 Å². The zero-order valence-corrected chi connectivity index (χ0v) is 27.5. The summed E-state index contributed by atoms with van der Waals surface area (Å²) in [4.78, 5) is 0. The first kappa shape index (κ1) is 40.4. The highest BCUT2D eigenvalue weighted by atomic mass is 32.1. The molecule has 0 aliphatic rings. The number of unbranched alkanes of at least 4 members (excludes halogenated alkanes) is 8. The molecule has 0 atom stereocenters. The van der Waals surface area contributed by atoms with Crippen LogP contribution in [0.2, 0.25) is 0 Å². The molecule has 36 heavy (non-hydrogen) atoms. The van der Waals surface area contributed by atoms with Crippen LogP contribution in [0.15, 0.2) is 0 Å². The minimum absolute atomic E-state index is 1.35. The second-order valence-corrected chi connectivity index (χ2v) is 11.3. The molecule has 0 unspecified atom stereocenters. The highest BCUT2D eigenvalue weighted by molar-refractivity contribution is 7.44. The molecule has 0 aromatic carbocycles. The maximum absolute atomic E-state index is 7.83. The lowest BCUT2D eigenvalue weighted by atomic mass is 10.1. The molecule has 0 bridgehead atoms. The first-order valence-electron chi connectivity index (χ1n) is 16.4. The van der Waals surface area contributed by atoms with Crippen molar-refractivity contribution in [2.24, 2.45) is 0 Å². The van der Waals surface area contributed by atoms with Crippen LogP contribution in [0.3, 0.4) is 0 Å². The quantitative estimate of drug-likeness (QED) is 0.115. The van der Waals surface area contributed by atoms with Crippen molar-refractivity contribution in [3.63, 3.8) is 0 Å². The van der Waals surface area contributed by atoms with E-state index in [1.54, 1.807) is 0 Å². The average Bonchev–Trinajstić information content (AvgIpc) is 2.93. The lowest BCUT2D eigenvalue weighted by Crippen LogP contribution is -2.50. The third-order valence-corrected chi connectivity index (χ3v) is 7.89. The summed E-state index contributed by atoms with van der Waals surface area (Å²) < 4.78 is 10.7. The van der Waals surface area contributed by atoms with Crippen LogP contribution in [-0.4, -0.2) is 65.5 Å². The monoisotopic (exact) mass is 533 g/mol. The minimum atomic E-state index is 1.35. The van der Waals surface area contributed by atoms with Gasteiger partial charge in [-0.05, 0) is 51.4 Å². The second-order valence-electron chi connectivity index (χ2n) is 11.3. The number of nitrogens with zero attached hydrogens (tertiary/aromatic N) is 2. The van der Waals surface area contributed by atoms with Gasteiger partial charge in [-0.15, -0.1) is 0 Å². The number of hydrogen-bond acceptors (Lipinski definition) is 2. The van der Waals surface area contributed by atoms with E-state index in [1.807, 2.05) is 0 Å². The van der Waals surface area contributed by atoms with Crippen LogP contribution in [0, 0.1) is 0 Å². The maximum Gasteiger partial charge on any atom is 0.197 e. The van der Waals surface area contributed by atoms with Crippen LogP contribution in [0.1, 0.15) is 158 Å². The smallest absolute Gasteiger partial charge is 0.197 e. The molecule has 0 aliphatic heterocycles. The summed E-state index contributed by atoms with van der Waals surface area (Å²) in [5.41, 5.74) is 0. The predicted octanol–water partition coefficient (Wildman–Crippen LogP) is 9.67. The topological polar surface area (TPSA) is 17.1 Å². The van der Waals surface area contributed by atoms with E-state index in [0.717, 1.165) is 0 Å². The molecule has 0 saturated carbocycles. The standard InChI is InChI=1S/2C16H36N.OS/c2*1-5-9-13-17(14-10-6-2,15-11-7-3)16-12-8-4;1-2/h2*5-16H2,1-4H3;/q2*+1;. The summed E-state index contributed by atoms with van der Waals surface area (Å²) >= 11 is 2.83. The number of hydrogen-bond donors (Lipinski definition) is 0. The molecule has 0 amide bonds. The lowest BCUT2D eigenvalue weighted by Gasteiger charge is -2.39. The Bertz CT molecular complexity index is 295. The average molecular weight is 533 g/mol. The lowest BCUT2D eigenvalue weighted by molar-refractivity contribution is -0.929. The summed E-state index contributed by atoms with van der Waals surface area (Å²) in [6, 6.07) is 0. The zero-order chi connectivity index (χ0) is 28.0. The molecule has 0 fully saturated rings. The Morgan fingerprint density at radius 3 is 0.500 bits per heavy atom. The van der Waals surface area contributed by atoms with Crippen LogP contribution in [0.4, 0.5) is 0 Å². The van der Waals surface area contributed by atoms with E-state index in [2.05, 4.69) is 67.9 Å². The van der Waals surface area contributed by atoms with Crippen LogP contribution in [-0.2, 0) is 12.5 Å². The van der Waals surface area contributed by atoms with Gasteiger partial charge in [0.2, 0.25) is 0 Å². The van der Waals surface area contributed by atoms with Crippen LogP contribution in [0.5, 0.6) is 0 Å². The van der Waals surface area contributed by atoms with Crippen molar-refractivity contribution in [1.82, 2.24) is 0 Å². The fourth-order valence-corrected chi connectivity index (χ4v) is 5.29. The summed E-state index contributed by atoms with van der Waals surface area (Å²) in [7, 11) is 0. The van der Waals surface area contributed by atoms with Crippen molar-refractivity contribution in [1.29, 1.82) is 0 Å². The second kappa shape index (κ2) is 31.2. The van der Waals surface area contributed by atoms with Gasteiger partial charge in [0.05, 0.1) is 52.4 Å². The Labute approximate surface area is 235 Å². The molecule has 0 aromatic rings. The molecule has 0 aromatic heterocycles. The Hall–Kier alpha value is -0.0600. The van der Waals surface area contributed by atoms with E-state index in [0.29, 0.717) is 0 Å². The highest BCUT2D eigenvalue weighted by Crippen LogP contribution is 2.17. The fourth-order valence-electron chi connectivity index (χ4n) is 5.29. The summed E-state index contributed by atoms with van der Waals surface area (Å²) in [6.07, 6.45) is 22.1. The zero-order valence-electron chi connectivity index (χ0n) is 26.7. The van der Waals surface area contributed by atoms with E-state index >= 15 is 0 Å². The van der Waals surface area contributed by atoms with Crippen molar-refractivity contribution >= 4 is 12.5 Å². The first-order chi connectivity index (χ1) is 17.5. The van der Waals surface area contributed by atoms with E-state index in [-0.39, 0.29) is 0 Å². The van der Waals surface area contributed by atoms with Gasteiger partial charge in [-0.2, -0.15) is 4.21 Å². The van der Waals surface area contributed by atoms with Gasteiger partial charge in [0.25, 0.3) is 0 Å². The normalized spacial score (nSPS) is 11.4. The van der Waals surface area contributed by atoms with Crippen molar-refractivity contribution < 1.29 is 13.2 Å². The van der Waals surface area contributed by atoms with Gasteiger partial charge in [0, 0.05) is 0 Å². The van der Waals surface area contributed by atoms with Gasteiger partial charge in [-0.3, -0.25) is 0 Å².